The summed E-state index contributed by atoms with van der Waals surface area (Å²) in [6, 6.07) is 14.2. The minimum Gasteiger partial charge on any atom is -0.348 e. The van der Waals surface area contributed by atoms with Crippen molar-refractivity contribution in [3.05, 3.63) is 54.1 Å². The smallest absolute Gasteiger partial charge is 0.251 e. The quantitative estimate of drug-likeness (QED) is 0.691. The molecule has 152 valence electrons. The lowest BCUT2D eigenvalue weighted by Gasteiger charge is -2.28. The first-order chi connectivity index (χ1) is 13.9. The number of hydrogen-bond acceptors (Lipinski definition) is 5. The van der Waals surface area contributed by atoms with Gasteiger partial charge in [0.2, 0.25) is 10.0 Å². The number of nitrogens with zero attached hydrogens (tertiary/aromatic N) is 4. The zero-order valence-corrected chi connectivity index (χ0v) is 17.0. The molecule has 29 heavy (non-hydrogen) atoms. The number of sulfonamides is 1. The van der Waals surface area contributed by atoms with Gasteiger partial charge >= 0.3 is 0 Å². The summed E-state index contributed by atoms with van der Waals surface area (Å²) in [5.74, 6) is -0.107. The van der Waals surface area contributed by atoms with E-state index in [1.54, 1.807) is 28.9 Å². The second-order valence-electron chi connectivity index (χ2n) is 7.28. The molecule has 8 nitrogen and oxygen atoms in total. The van der Waals surface area contributed by atoms with Crippen LogP contribution in [0, 0.1) is 0 Å². The number of para-hydroxylation sites is 1. The summed E-state index contributed by atoms with van der Waals surface area (Å²) in [5.41, 5.74) is 2.68. The van der Waals surface area contributed by atoms with Crippen LogP contribution < -0.4 is 9.62 Å². The third-order valence-electron chi connectivity index (χ3n) is 4.99. The predicted octanol–water partition coefficient (Wildman–Crippen LogP) is 2.18. The number of hydrogen-bond donors (Lipinski definition) is 1. The number of carbonyl (C=O) groups is 1. The monoisotopic (exact) mass is 413 g/mol. The molecule has 1 saturated heterocycles. The maximum atomic E-state index is 12.7. The fourth-order valence-corrected chi connectivity index (χ4v) is 5.18. The first-order valence-corrected chi connectivity index (χ1v) is 11.2. The van der Waals surface area contributed by atoms with E-state index in [-0.39, 0.29) is 17.7 Å². The highest BCUT2D eigenvalue weighted by Crippen LogP contribution is 2.24. The molecule has 1 aromatic heterocycles. The number of aromatic nitrogens is 3. The average Bonchev–Trinajstić information content (AvgIpc) is 3.10. The molecule has 1 aliphatic rings. The summed E-state index contributed by atoms with van der Waals surface area (Å²) in [5, 5.41) is 11.2. The van der Waals surface area contributed by atoms with E-state index in [1.165, 1.54) is 4.31 Å². The summed E-state index contributed by atoms with van der Waals surface area (Å²) < 4.78 is 27.8. The van der Waals surface area contributed by atoms with E-state index >= 15 is 0 Å². The van der Waals surface area contributed by atoms with Gasteiger partial charge in [0.1, 0.15) is 5.52 Å². The fraction of sp³-hybridized carbons (Fsp3) is 0.350. The van der Waals surface area contributed by atoms with E-state index in [4.69, 9.17) is 0 Å². The van der Waals surface area contributed by atoms with Crippen molar-refractivity contribution >= 4 is 32.7 Å². The molecule has 1 amide bonds. The van der Waals surface area contributed by atoms with E-state index in [0.717, 1.165) is 17.5 Å². The third-order valence-corrected chi connectivity index (χ3v) is 6.86. The summed E-state index contributed by atoms with van der Waals surface area (Å²) in [7, 11) is -3.31. The minimum absolute atomic E-state index is 0.145. The summed E-state index contributed by atoms with van der Waals surface area (Å²) in [6.45, 7) is 2.82. The molecule has 0 unspecified atom stereocenters. The highest BCUT2D eigenvalue weighted by molar-refractivity contribution is 7.92. The number of benzene rings is 2. The molecule has 2 aromatic carbocycles. The van der Waals surface area contributed by atoms with Crippen molar-refractivity contribution in [2.45, 2.75) is 32.4 Å². The fourth-order valence-electron chi connectivity index (χ4n) is 3.55. The largest absolute Gasteiger partial charge is 0.348 e. The molecule has 1 atom stereocenters. The molecular formula is C20H23N5O3S. The number of nitrogens with one attached hydrogen (secondary N) is 1. The van der Waals surface area contributed by atoms with Crippen LogP contribution in [-0.4, -0.2) is 47.7 Å². The Hall–Kier alpha value is -2.94. The molecule has 3 aromatic rings. The van der Waals surface area contributed by atoms with Gasteiger partial charge in [-0.25, -0.2) is 13.1 Å². The van der Waals surface area contributed by atoms with Crippen molar-refractivity contribution in [2.75, 3.05) is 16.6 Å². The first-order valence-electron chi connectivity index (χ1n) is 9.63. The van der Waals surface area contributed by atoms with Gasteiger partial charge in [0.05, 0.1) is 23.5 Å². The second-order valence-corrected chi connectivity index (χ2v) is 9.29. The van der Waals surface area contributed by atoms with Gasteiger partial charge in [-0.05, 0) is 50.1 Å². The molecule has 0 bridgehead atoms. The summed E-state index contributed by atoms with van der Waals surface area (Å²) >= 11 is 0. The Kier molecular flexibility index (Phi) is 5.23. The molecule has 1 fully saturated rings. The predicted molar refractivity (Wildman–Crippen MR) is 111 cm³/mol. The highest BCUT2D eigenvalue weighted by Gasteiger charge is 2.26. The standard InChI is InChI=1S/C20H23N5O3S/c1-15(14-24-19-10-3-2-9-18(19)22-23-24)21-20(26)16-7-6-8-17(13-16)25-11-4-5-12-29(25,27)28/h2-3,6-10,13,15H,4-5,11-12,14H2,1H3,(H,21,26)/t15-/m0/s1. The maximum Gasteiger partial charge on any atom is 0.251 e. The topological polar surface area (TPSA) is 97.2 Å². The molecule has 0 spiro atoms. The van der Waals surface area contributed by atoms with Gasteiger partial charge in [-0.2, -0.15) is 0 Å². The van der Waals surface area contributed by atoms with Gasteiger partial charge in [-0.3, -0.25) is 9.10 Å². The van der Waals surface area contributed by atoms with Crippen LogP contribution in [0.5, 0.6) is 0 Å². The van der Waals surface area contributed by atoms with Crippen LogP contribution in [0.4, 0.5) is 5.69 Å². The highest BCUT2D eigenvalue weighted by atomic mass is 32.2. The van der Waals surface area contributed by atoms with Gasteiger partial charge in [0.15, 0.2) is 0 Å². The lowest BCUT2D eigenvalue weighted by Crippen LogP contribution is -2.38. The van der Waals surface area contributed by atoms with Crippen LogP contribution in [0.2, 0.25) is 0 Å². The van der Waals surface area contributed by atoms with Crippen molar-refractivity contribution in [3.63, 3.8) is 0 Å². The lowest BCUT2D eigenvalue weighted by atomic mass is 10.1. The Balaban J connectivity index is 1.47. The number of carbonyl (C=O) groups excluding carboxylic acids is 1. The van der Waals surface area contributed by atoms with Crippen LogP contribution in [0.3, 0.4) is 0 Å². The van der Waals surface area contributed by atoms with Crippen molar-refractivity contribution in [1.82, 2.24) is 20.3 Å². The van der Waals surface area contributed by atoms with Crippen LogP contribution >= 0.6 is 0 Å². The molecule has 0 aliphatic carbocycles. The third kappa shape index (κ3) is 4.09. The van der Waals surface area contributed by atoms with Gasteiger partial charge < -0.3 is 5.32 Å². The normalized spacial score (nSPS) is 17.2. The van der Waals surface area contributed by atoms with Crippen molar-refractivity contribution in [2.24, 2.45) is 0 Å². The average molecular weight is 414 g/mol. The van der Waals surface area contributed by atoms with Crippen LogP contribution in [-0.2, 0) is 16.6 Å². The number of fused-ring (bicyclic) bond motifs is 1. The zero-order chi connectivity index (χ0) is 20.4. The number of amides is 1. The van der Waals surface area contributed by atoms with Gasteiger partial charge in [0, 0.05) is 18.2 Å². The molecule has 0 radical (unpaired) electrons. The van der Waals surface area contributed by atoms with Crippen molar-refractivity contribution < 1.29 is 13.2 Å². The van der Waals surface area contributed by atoms with E-state index in [9.17, 15) is 13.2 Å². The summed E-state index contributed by atoms with van der Waals surface area (Å²) in [6.07, 6.45) is 1.49. The van der Waals surface area contributed by atoms with E-state index < -0.39 is 10.0 Å². The molecule has 1 aliphatic heterocycles. The van der Waals surface area contributed by atoms with Gasteiger partial charge in [0.25, 0.3) is 5.91 Å². The first kappa shape index (κ1) is 19.4. The van der Waals surface area contributed by atoms with E-state index in [0.29, 0.717) is 30.8 Å². The Morgan fingerprint density at radius 2 is 2.00 bits per heavy atom. The SMILES string of the molecule is C[C@@H](Cn1nnc2ccccc21)NC(=O)c1cccc(N2CCCCS2(=O)=O)c1. The Morgan fingerprint density at radius 1 is 1.17 bits per heavy atom. The van der Waals surface area contributed by atoms with Crippen LogP contribution in [0.1, 0.15) is 30.1 Å². The van der Waals surface area contributed by atoms with E-state index in [2.05, 4.69) is 15.6 Å². The molecule has 0 saturated carbocycles. The molecular weight excluding hydrogens is 390 g/mol. The van der Waals surface area contributed by atoms with Crippen LogP contribution in [0.25, 0.3) is 11.0 Å². The maximum absolute atomic E-state index is 12.7. The molecule has 9 heteroatoms. The van der Waals surface area contributed by atoms with Crippen molar-refractivity contribution in [1.29, 1.82) is 0 Å². The molecule has 2 heterocycles. The summed E-state index contributed by atoms with van der Waals surface area (Å²) in [4.78, 5) is 12.7. The minimum atomic E-state index is -3.31. The second kappa shape index (κ2) is 7.82. The van der Waals surface area contributed by atoms with Crippen molar-refractivity contribution in [3.8, 4) is 0 Å². The van der Waals surface area contributed by atoms with Crippen LogP contribution in [0.15, 0.2) is 48.5 Å². The van der Waals surface area contributed by atoms with Gasteiger partial charge in [-0.1, -0.05) is 23.4 Å². The molecule has 4 rings (SSSR count). The number of rotatable bonds is 5. The van der Waals surface area contributed by atoms with E-state index in [1.807, 2.05) is 31.2 Å². The Morgan fingerprint density at radius 3 is 2.83 bits per heavy atom. The lowest BCUT2D eigenvalue weighted by molar-refractivity contribution is 0.0936. The zero-order valence-electron chi connectivity index (χ0n) is 16.2. The Bertz CT molecular complexity index is 1140. The number of anilines is 1. The molecule has 1 N–H and O–H groups in total. The van der Waals surface area contributed by atoms with Gasteiger partial charge in [-0.15, -0.1) is 5.10 Å². The Labute approximate surface area is 169 Å².